The number of hydrogen-bond donors (Lipinski definition) is 0. The van der Waals surface area contributed by atoms with Gasteiger partial charge in [-0.3, -0.25) is 4.79 Å². The van der Waals surface area contributed by atoms with Gasteiger partial charge < -0.3 is 0 Å². The number of carbonyl (C=O) groups is 1. The number of hydrogen-bond acceptors (Lipinski definition) is 1. The van der Waals surface area contributed by atoms with Gasteiger partial charge in [0.25, 0.3) is 0 Å². The first kappa shape index (κ1) is 8.94. The fraction of sp³-hybridized carbons (Fsp3) is 0.500. The molecule has 0 N–H and O–H groups in total. The van der Waals surface area contributed by atoms with Crippen LogP contribution in [0.25, 0.3) is 0 Å². The normalized spacial score (nSPS) is 15.2. The van der Waals surface area contributed by atoms with Crippen LogP contribution in [0.4, 0.5) is 13.2 Å². The van der Waals surface area contributed by atoms with Crippen molar-refractivity contribution in [3.8, 4) is 0 Å². The summed E-state index contributed by atoms with van der Waals surface area (Å²) in [5.74, 6) is -1.86. The average Bonchev–Trinajstić information content (AvgIpc) is 1.62. The maximum absolute atomic E-state index is 11.3. The molecule has 1 radical (unpaired) electrons. The molecule has 53 valence electrons. The van der Waals surface area contributed by atoms with E-state index in [0.29, 0.717) is 0 Å². The summed E-state index contributed by atoms with van der Waals surface area (Å²) >= 11 is 2.39. The van der Waals surface area contributed by atoms with E-state index >= 15 is 0 Å². The van der Waals surface area contributed by atoms with Crippen LogP contribution in [0.2, 0.25) is 0 Å². The molecule has 0 fully saturated rings. The van der Waals surface area contributed by atoms with Crippen molar-refractivity contribution in [1.82, 2.24) is 0 Å². The molecule has 1 atom stereocenters. The molecule has 0 heterocycles. The van der Waals surface area contributed by atoms with Gasteiger partial charge in [-0.1, -0.05) is 15.9 Å². The fourth-order valence-corrected chi connectivity index (χ4v) is 0.437. The van der Waals surface area contributed by atoms with Crippen LogP contribution in [-0.4, -0.2) is 16.8 Å². The average molecular weight is 204 g/mol. The van der Waals surface area contributed by atoms with Crippen LogP contribution in [0.1, 0.15) is 0 Å². The van der Waals surface area contributed by atoms with Gasteiger partial charge in [-0.2, -0.15) is 13.2 Å². The highest BCUT2D eigenvalue weighted by Gasteiger charge is 2.40. The van der Waals surface area contributed by atoms with Crippen molar-refractivity contribution in [2.24, 2.45) is 0 Å². The van der Waals surface area contributed by atoms with E-state index in [1.54, 1.807) is 0 Å². The first-order chi connectivity index (χ1) is 3.85. The third-order valence-electron chi connectivity index (χ3n) is 0.564. The Balaban J connectivity index is 4.06. The first-order valence-corrected chi connectivity index (χ1v) is 2.85. The second kappa shape index (κ2) is 2.68. The molecular weight excluding hydrogens is 201 g/mol. The zero-order valence-corrected chi connectivity index (χ0v) is 5.79. The van der Waals surface area contributed by atoms with Gasteiger partial charge in [0.1, 0.15) is 0 Å². The predicted molar refractivity (Wildman–Crippen MR) is 29.1 cm³/mol. The minimum absolute atomic E-state index is 1.39. The quantitative estimate of drug-likeness (QED) is 0.594. The van der Waals surface area contributed by atoms with Crippen molar-refractivity contribution in [2.75, 3.05) is 0 Å². The second-order valence-electron chi connectivity index (χ2n) is 1.33. The monoisotopic (exact) mass is 203 g/mol. The summed E-state index contributed by atoms with van der Waals surface area (Å²) in [5.41, 5.74) is 0. The number of carbonyl (C=O) groups excluding carboxylic acids is 1. The molecule has 0 aromatic heterocycles. The van der Waals surface area contributed by atoms with Gasteiger partial charge in [0.15, 0.2) is 0 Å². The molecule has 0 saturated carbocycles. The molecule has 0 bridgehead atoms. The zero-order chi connectivity index (χ0) is 7.65. The lowest BCUT2D eigenvalue weighted by atomic mass is 10.3. The van der Waals surface area contributed by atoms with Crippen molar-refractivity contribution < 1.29 is 18.0 Å². The molecule has 0 aliphatic heterocycles. The molecule has 0 aromatic carbocycles. The minimum Gasteiger partial charge on any atom is -0.288 e. The van der Waals surface area contributed by atoms with E-state index in [-0.39, 0.29) is 0 Å². The molecule has 0 aliphatic rings. The maximum atomic E-state index is 11.3. The topological polar surface area (TPSA) is 17.1 Å². The summed E-state index contributed by atoms with van der Waals surface area (Å²) < 4.78 is 33.8. The molecule has 1 nitrogen and oxygen atoms in total. The van der Waals surface area contributed by atoms with Crippen molar-refractivity contribution in [3.63, 3.8) is 0 Å². The summed E-state index contributed by atoms with van der Waals surface area (Å²) in [6.45, 7) is 2.85. The molecule has 0 amide bonds. The molecule has 0 rings (SSSR count). The number of alkyl halides is 4. The highest BCUT2D eigenvalue weighted by atomic mass is 79.9. The van der Waals surface area contributed by atoms with Crippen LogP contribution < -0.4 is 0 Å². The predicted octanol–water partition coefficient (Wildman–Crippen LogP) is 1.72. The van der Waals surface area contributed by atoms with Crippen LogP contribution in [0.5, 0.6) is 0 Å². The van der Waals surface area contributed by atoms with Gasteiger partial charge in [-0.25, -0.2) is 0 Å². The van der Waals surface area contributed by atoms with E-state index in [1.165, 1.54) is 0 Å². The Morgan fingerprint density at radius 3 is 1.89 bits per heavy atom. The number of halogens is 4. The summed E-state index contributed by atoms with van der Waals surface area (Å²) in [6.07, 6.45) is -4.77. The van der Waals surface area contributed by atoms with Gasteiger partial charge in [-0.05, 0) is 6.92 Å². The lowest BCUT2D eigenvalue weighted by molar-refractivity contribution is -0.169. The van der Waals surface area contributed by atoms with E-state index in [2.05, 4.69) is 22.9 Å². The fourth-order valence-electron chi connectivity index (χ4n) is 0.178. The Labute approximate surface area is 58.4 Å². The Kier molecular flexibility index (Phi) is 2.66. The first-order valence-electron chi connectivity index (χ1n) is 1.94. The highest BCUT2D eigenvalue weighted by molar-refractivity contribution is 9.10. The van der Waals surface area contributed by atoms with Crippen molar-refractivity contribution in [2.45, 2.75) is 11.0 Å². The van der Waals surface area contributed by atoms with Crippen LogP contribution in [0, 0.1) is 6.92 Å². The summed E-state index contributed by atoms with van der Waals surface area (Å²) in [4.78, 5) is 8.54. The number of ketones is 1. The SMILES string of the molecule is [CH2]C(Br)C(=O)C(F)(F)F. The van der Waals surface area contributed by atoms with E-state index in [0.717, 1.165) is 0 Å². The van der Waals surface area contributed by atoms with Gasteiger partial charge >= 0.3 is 6.18 Å². The van der Waals surface area contributed by atoms with Crippen molar-refractivity contribution in [3.05, 3.63) is 6.92 Å². The smallest absolute Gasteiger partial charge is 0.288 e. The van der Waals surface area contributed by atoms with E-state index in [1.807, 2.05) is 0 Å². The third-order valence-corrected chi connectivity index (χ3v) is 0.980. The Morgan fingerprint density at radius 2 is 1.89 bits per heavy atom. The molecule has 5 heteroatoms. The Morgan fingerprint density at radius 1 is 1.56 bits per heavy atom. The van der Waals surface area contributed by atoms with E-state index in [4.69, 9.17) is 0 Å². The molecular formula is C4H3BrF3O. The van der Waals surface area contributed by atoms with Gasteiger partial charge in [0.05, 0.1) is 4.83 Å². The van der Waals surface area contributed by atoms with Gasteiger partial charge in [-0.15, -0.1) is 0 Å². The molecule has 0 saturated heterocycles. The lowest BCUT2D eigenvalue weighted by Crippen LogP contribution is -2.29. The van der Waals surface area contributed by atoms with Crippen molar-refractivity contribution in [1.29, 1.82) is 0 Å². The summed E-state index contributed by atoms with van der Waals surface area (Å²) in [5, 5.41) is 0. The molecule has 1 unspecified atom stereocenters. The zero-order valence-electron chi connectivity index (χ0n) is 4.20. The maximum Gasteiger partial charge on any atom is 0.451 e. The minimum atomic E-state index is -4.77. The summed E-state index contributed by atoms with van der Waals surface area (Å²) in [6, 6.07) is 0. The lowest BCUT2D eigenvalue weighted by Gasteiger charge is -2.04. The van der Waals surface area contributed by atoms with E-state index in [9.17, 15) is 18.0 Å². The van der Waals surface area contributed by atoms with Crippen LogP contribution >= 0.6 is 15.9 Å². The summed E-state index contributed by atoms with van der Waals surface area (Å²) in [7, 11) is 0. The molecule has 9 heavy (non-hydrogen) atoms. The molecule has 0 aromatic rings. The largest absolute Gasteiger partial charge is 0.451 e. The standard InChI is InChI=1S/C4H3BrF3O/c1-2(5)3(9)4(6,7)8/h2H,1H2. The van der Waals surface area contributed by atoms with Crippen molar-refractivity contribution >= 4 is 21.7 Å². The molecule has 0 aliphatic carbocycles. The Bertz CT molecular complexity index is 117. The number of Topliss-reactive ketones (excluding diaryl/α,β-unsaturated/α-hetero) is 1. The molecule has 0 spiro atoms. The van der Waals surface area contributed by atoms with Gasteiger partial charge in [0.2, 0.25) is 5.78 Å². The Hall–Kier alpha value is -0.0600. The van der Waals surface area contributed by atoms with E-state index < -0.39 is 16.8 Å². The highest BCUT2D eigenvalue weighted by Crippen LogP contribution is 2.20. The third kappa shape index (κ3) is 2.84. The second-order valence-corrected chi connectivity index (χ2v) is 2.43. The van der Waals surface area contributed by atoms with Gasteiger partial charge in [0, 0.05) is 0 Å². The van der Waals surface area contributed by atoms with Crippen LogP contribution in [0.15, 0.2) is 0 Å². The van der Waals surface area contributed by atoms with Crippen LogP contribution in [0.3, 0.4) is 0 Å². The number of rotatable bonds is 1. The van der Waals surface area contributed by atoms with Crippen LogP contribution in [-0.2, 0) is 4.79 Å².